The Balaban J connectivity index is 2.66. The third kappa shape index (κ3) is 1.75. The summed E-state index contributed by atoms with van der Waals surface area (Å²) in [6.07, 6.45) is 4.20. The number of carbonyl (C=O) groups is 1. The fourth-order valence-electron chi connectivity index (χ4n) is 1.42. The lowest BCUT2D eigenvalue weighted by Crippen LogP contribution is -2.03. The molecular weight excluding hydrogens is 211 g/mol. The average molecular weight is 218 g/mol. The third-order valence-corrected chi connectivity index (χ3v) is 2.10. The lowest BCUT2D eigenvalue weighted by atomic mass is 10.0. The average Bonchev–Trinajstić information content (AvgIpc) is 2.29. The van der Waals surface area contributed by atoms with E-state index >= 15 is 0 Å². The highest BCUT2D eigenvalue weighted by atomic mass is 19.1. The molecule has 1 aromatic carbocycles. The van der Waals surface area contributed by atoms with Crippen molar-refractivity contribution in [1.82, 2.24) is 9.97 Å². The molecule has 0 fully saturated rings. The molecule has 0 aliphatic heterocycles. The summed E-state index contributed by atoms with van der Waals surface area (Å²) in [4.78, 5) is 18.5. The molecule has 1 aromatic heterocycles. The van der Waals surface area contributed by atoms with Crippen LogP contribution >= 0.6 is 0 Å². The molecule has 0 saturated heterocycles. The lowest BCUT2D eigenvalue weighted by Gasteiger charge is -2.05. The molecule has 4 nitrogen and oxygen atoms in total. The highest BCUT2D eigenvalue weighted by Crippen LogP contribution is 2.24. The maximum atomic E-state index is 13.4. The van der Waals surface area contributed by atoms with Gasteiger partial charge < -0.3 is 5.11 Å². The highest BCUT2D eigenvalue weighted by Gasteiger charge is 2.16. The van der Waals surface area contributed by atoms with Crippen molar-refractivity contribution in [3.63, 3.8) is 0 Å². The summed E-state index contributed by atoms with van der Waals surface area (Å²) in [7, 11) is 0. The van der Waals surface area contributed by atoms with Gasteiger partial charge in [-0.1, -0.05) is 12.1 Å². The zero-order valence-corrected chi connectivity index (χ0v) is 8.09. The molecule has 16 heavy (non-hydrogen) atoms. The van der Waals surface area contributed by atoms with Crippen molar-refractivity contribution in [2.24, 2.45) is 0 Å². The Morgan fingerprint density at radius 2 is 1.94 bits per heavy atom. The van der Waals surface area contributed by atoms with E-state index in [0.29, 0.717) is 5.56 Å². The first kappa shape index (κ1) is 10.2. The zero-order valence-electron chi connectivity index (χ0n) is 8.09. The van der Waals surface area contributed by atoms with E-state index in [1.807, 2.05) is 0 Å². The Labute approximate surface area is 90.4 Å². The van der Waals surface area contributed by atoms with Gasteiger partial charge in [0.15, 0.2) is 0 Å². The number of aromatic carboxylic acids is 1. The van der Waals surface area contributed by atoms with Crippen LogP contribution in [-0.4, -0.2) is 21.0 Å². The minimum atomic E-state index is -1.31. The number of halogens is 1. The summed E-state index contributed by atoms with van der Waals surface area (Å²) < 4.78 is 13.4. The van der Waals surface area contributed by atoms with Gasteiger partial charge in [-0.3, -0.25) is 0 Å². The van der Waals surface area contributed by atoms with Crippen molar-refractivity contribution in [2.75, 3.05) is 0 Å². The molecule has 0 radical (unpaired) electrons. The molecule has 0 bridgehead atoms. The van der Waals surface area contributed by atoms with Crippen molar-refractivity contribution in [3.05, 3.63) is 48.3 Å². The first-order valence-corrected chi connectivity index (χ1v) is 4.47. The minimum Gasteiger partial charge on any atom is -0.478 e. The zero-order chi connectivity index (χ0) is 11.5. The van der Waals surface area contributed by atoms with Crippen molar-refractivity contribution >= 4 is 5.97 Å². The molecule has 0 spiro atoms. The van der Waals surface area contributed by atoms with E-state index in [1.54, 1.807) is 0 Å². The van der Waals surface area contributed by atoms with Crippen LogP contribution in [0.25, 0.3) is 11.1 Å². The molecule has 0 atom stereocenters. The van der Waals surface area contributed by atoms with Crippen LogP contribution in [0.2, 0.25) is 0 Å². The number of hydrogen-bond donors (Lipinski definition) is 1. The monoisotopic (exact) mass is 218 g/mol. The Morgan fingerprint density at radius 3 is 2.56 bits per heavy atom. The van der Waals surface area contributed by atoms with Crippen LogP contribution in [-0.2, 0) is 0 Å². The van der Waals surface area contributed by atoms with E-state index in [9.17, 15) is 9.18 Å². The lowest BCUT2D eigenvalue weighted by molar-refractivity contribution is 0.0693. The normalized spacial score (nSPS) is 10.1. The first-order valence-electron chi connectivity index (χ1n) is 4.47. The van der Waals surface area contributed by atoms with Crippen LogP contribution in [0.5, 0.6) is 0 Å². The van der Waals surface area contributed by atoms with Crippen molar-refractivity contribution in [3.8, 4) is 11.1 Å². The van der Waals surface area contributed by atoms with Crippen molar-refractivity contribution in [2.45, 2.75) is 0 Å². The second kappa shape index (κ2) is 4.06. The van der Waals surface area contributed by atoms with Gasteiger partial charge in [0.1, 0.15) is 17.7 Å². The molecule has 1 heterocycles. The quantitative estimate of drug-likeness (QED) is 0.837. The van der Waals surface area contributed by atoms with Crippen LogP contribution < -0.4 is 0 Å². The van der Waals surface area contributed by atoms with Crippen molar-refractivity contribution in [1.29, 1.82) is 0 Å². The van der Waals surface area contributed by atoms with Gasteiger partial charge >= 0.3 is 5.97 Å². The summed E-state index contributed by atoms with van der Waals surface area (Å²) in [6.45, 7) is 0. The number of aromatic nitrogens is 2. The largest absolute Gasteiger partial charge is 0.478 e. The summed E-state index contributed by atoms with van der Waals surface area (Å²) in [5.74, 6) is -2.08. The van der Waals surface area contributed by atoms with Gasteiger partial charge in [0.2, 0.25) is 0 Å². The SMILES string of the molecule is O=C(O)c1c(F)cccc1-c1cncnc1. The predicted molar refractivity (Wildman–Crippen MR) is 54.4 cm³/mol. The van der Waals surface area contributed by atoms with Gasteiger partial charge in [0, 0.05) is 23.5 Å². The number of hydrogen-bond acceptors (Lipinski definition) is 3. The summed E-state index contributed by atoms with van der Waals surface area (Å²) >= 11 is 0. The minimum absolute atomic E-state index is 0.271. The van der Waals surface area contributed by atoms with Crippen LogP contribution in [0.15, 0.2) is 36.9 Å². The molecule has 0 aliphatic carbocycles. The molecule has 80 valence electrons. The Bertz CT molecular complexity index is 529. The van der Waals surface area contributed by atoms with Crippen LogP contribution in [0.4, 0.5) is 4.39 Å². The van der Waals surface area contributed by atoms with Crippen LogP contribution in [0.3, 0.4) is 0 Å². The topological polar surface area (TPSA) is 63.1 Å². The second-order valence-electron chi connectivity index (χ2n) is 3.09. The Kier molecular flexibility index (Phi) is 2.59. The van der Waals surface area contributed by atoms with E-state index in [0.717, 1.165) is 6.07 Å². The summed E-state index contributed by atoms with van der Waals surface area (Å²) in [5.41, 5.74) is 0.379. The van der Waals surface area contributed by atoms with Crippen LogP contribution in [0, 0.1) is 5.82 Å². The molecule has 0 amide bonds. The summed E-state index contributed by atoms with van der Waals surface area (Å²) in [6, 6.07) is 4.08. The Hall–Kier alpha value is -2.30. The van der Waals surface area contributed by atoms with E-state index in [2.05, 4.69) is 9.97 Å². The Morgan fingerprint density at radius 1 is 1.25 bits per heavy atom. The van der Waals surface area contributed by atoms with Crippen LogP contribution in [0.1, 0.15) is 10.4 Å². The van der Waals surface area contributed by atoms with Crippen molar-refractivity contribution < 1.29 is 14.3 Å². The van der Waals surface area contributed by atoms with E-state index in [1.165, 1.54) is 30.9 Å². The predicted octanol–water partition coefficient (Wildman–Crippen LogP) is 1.98. The summed E-state index contributed by atoms with van der Waals surface area (Å²) in [5, 5.41) is 8.93. The van der Waals surface area contributed by atoms with Gasteiger partial charge in [-0.25, -0.2) is 19.2 Å². The number of carboxylic acids is 1. The molecule has 1 N–H and O–H groups in total. The molecule has 2 rings (SSSR count). The number of benzene rings is 1. The van der Waals surface area contributed by atoms with Gasteiger partial charge in [0.05, 0.1) is 0 Å². The van der Waals surface area contributed by atoms with E-state index < -0.39 is 11.8 Å². The fraction of sp³-hybridized carbons (Fsp3) is 0. The first-order chi connectivity index (χ1) is 7.70. The molecule has 0 aliphatic rings. The molecule has 0 unspecified atom stereocenters. The molecule has 5 heteroatoms. The number of carboxylic acid groups (broad SMARTS) is 1. The standard InChI is InChI=1S/C11H7FN2O2/c12-9-3-1-2-8(10(9)11(15)16)7-4-13-6-14-5-7/h1-6H,(H,15,16). The van der Waals surface area contributed by atoms with E-state index in [-0.39, 0.29) is 11.1 Å². The maximum absolute atomic E-state index is 13.4. The maximum Gasteiger partial charge on any atom is 0.339 e. The van der Waals surface area contributed by atoms with E-state index in [4.69, 9.17) is 5.11 Å². The molecule has 2 aromatic rings. The van der Waals surface area contributed by atoms with Gasteiger partial charge in [-0.2, -0.15) is 0 Å². The highest BCUT2D eigenvalue weighted by molar-refractivity contribution is 5.96. The number of rotatable bonds is 2. The number of nitrogens with zero attached hydrogens (tertiary/aromatic N) is 2. The van der Waals surface area contributed by atoms with Gasteiger partial charge in [-0.15, -0.1) is 0 Å². The molecule has 0 saturated carbocycles. The van der Waals surface area contributed by atoms with Gasteiger partial charge in [0.25, 0.3) is 0 Å². The molecular formula is C11H7FN2O2. The smallest absolute Gasteiger partial charge is 0.339 e. The van der Waals surface area contributed by atoms with Gasteiger partial charge in [-0.05, 0) is 6.07 Å². The second-order valence-corrected chi connectivity index (χ2v) is 3.09. The third-order valence-electron chi connectivity index (χ3n) is 2.10. The fourth-order valence-corrected chi connectivity index (χ4v) is 1.42.